The fourth-order valence-electron chi connectivity index (χ4n) is 3.96. The summed E-state index contributed by atoms with van der Waals surface area (Å²) >= 11 is 6.42. The number of aryl methyl sites for hydroxylation is 1. The highest BCUT2D eigenvalue weighted by Crippen LogP contribution is 2.21. The number of thioether (sulfide) groups is 1. The smallest absolute Gasteiger partial charge is 0.330 e. The lowest BCUT2D eigenvalue weighted by Gasteiger charge is -2.09. The van der Waals surface area contributed by atoms with Gasteiger partial charge in [-0.3, -0.25) is 0 Å². The van der Waals surface area contributed by atoms with Gasteiger partial charge in [0, 0.05) is 33.2 Å². The van der Waals surface area contributed by atoms with E-state index in [2.05, 4.69) is 64.8 Å². The molecule has 44 heavy (non-hydrogen) atoms. The summed E-state index contributed by atoms with van der Waals surface area (Å²) in [5, 5.41) is 2.36. The molecule has 0 spiro atoms. The fourth-order valence-corrected chi connectivity index (χ4v) is 4.97. The zero-order valence-corrected chi connectivity index (χ0v) is 26.1. The van der Waals surface area contributed by atoms with Crippen molar-refractivity contribution in [1.82, 2.24) is 0 Å². The molecule has 0 saturated carbocycles. The molecule has 0 bridgehead atoms. The molecule has 0 unspecified atom stereocenters. The van der Waals surface area contributed by atoms with Gasteiger partial charge in [-0.15, -0.1) is 11.8 Å². The van der Waals surface area contributed by atoms with Gasteiger partial charge in [-0.1, -0.05) is 42.4 Å². The van der Waals surface area contributed by atoms with Crippen LogP contribution in [-0.4, -0.2) is 23.5 Å². The molecule has 0 aliphatic carbocycles. The normalized spacial score (nSPS) is 9.84. The maximum absolute atomic E-state index is 11.0. The van der Waals surface area contributed by atoms with Gasteiger partial charge in [-0.05, 0) is 128 Å². The van der Waals surface area contributed by atoms with E-state index in [0.29, 0.717) is 13.2 Å². The molecule has 4 nitrogen and oxygen atoms in total. The topological polar surface area (TPSA) is 47.9 Å². The predicted molar refractivity (Wildman–Crippen MR) is 183 cm³/mol. The van der Waals surface area contributed by atoms with Crippen molar-refractivity contribution < 1.29 is 14.3 Å². The quantitative estimate of drug-likeness (QED) is 0.0322. The van der Waals surface area contributed by atoms with E-state index in [0.717, 1.165) is 63.4 Å². The zero-order valence-electron chi connectivity index (χ0n) is 24.5. The second-order valence-corrected chi connectivity index (χ2v) is 11.0. The summed E-state index contributed by atoms with van der Waals surface area (Å²) in [6.45, 7) is 6.31. The average Bonchev–Trinajstić information content (AvgIpc) is 3.05. The number of carbonyl (C=O) groups excluding carboxylic acids is 1. The van der Waals surface area contributed by atoms with E-state index in [1.165, 1.54) is 11.0 Å². The third-order valence-electron chi connectivity index (χ3n) is 6.34. The number of hydrogen-bond donors (Lipinski definition) is 0. The average molecular weight is 614 g/mol. The number of nitrogens with zero attached hydrogens (tertiary/aromatic N) is 1. The lowest BCUT2D eigenvalue weighted by Crippen LogP contribution is -2.01. The highest BCUT2D eigenvalue weighted by molar-refractivity contribution is 7.99. The van der Waals surface area contributed by atoms with Crippen LogP contribution in [0.15, 0.2) is 114 Å². The van der Waals surface area contributed by atoms with E-state index >= 15 is 0 Å². The standard InChI is InChI=1S/C38H31NO3S2/c1-3-38(40)41-24-4-5-25-44-36-21-16-32(17-22-36)7-6-30-9-12-34(13-10-30)27-42-37-23-18-33(26-29(37)2)11-8-31-14-19-35(20-15-31)39-28-43/h3,9-10,12-23,26H,1,4-5,24-25,27H2,2H3. The maximum Gasteiger partial charge on any atom is 0.330 e. The molecular formula is C38H31NO3S2. The Balaban J connectivity index is 1.23. The lowest BCUT2D eigenvalue weighted by molar-refractivity contribution is -0.137. The first-order valence-corrected chi connectivity index (χ1v) is 15.5. The molecule has 218 valence electrons. The van der Waals surface area contributed by atoms with E-state index in [9.17, 15) is 4.79 Å². The van der Waals surface area contributed by atoms with Crippen LogP contribution in [0.1, 0.15) is 46.2 Å². The number of rotatable bonds is 11. The number of unbranched alkanes of at least 4 members (excludes halogenated alkanes) is 1. The van der Waals surface area contributed by atoms with Gasteiger partial charge >= 0.3 is 5.97 Å². The molecule has 0 aliphatic rings. The van der Waals surface area contributed by atoms with Crippen molar-refractivity contribution in [3.05, 3.63) is 137 Å². The minimum atomic E-state index is -0.367. The first-order valence-electron chi connectivity index (χ1n) is 14.1. The zero-order chi connectivity index (χ0) is 31.0. The number of ether oxygens (including phenoxy) is 2. The molecule has 4 rings (SSSR count). The summed E-state index contributed by atoms with van der Waals surface area (Å²) < 4.78 is 11.1. The summed E-state index contributed by atoms with van der Waals surface area (Å²) in [5.74, 6) is 14.3. The van der Waals surface area contributed by atoms with Crippen molar-refractivity contribution >= 4 is 40.8 Å². The Morgan fingerprint density at radius 3 is 2.05 bits per heavy atom. The SMILES string of the molecule is C=CC(=O)OCCCCSc1ccc(C#Cc2ccc(COc3ccc(C#Cc4ccc(N=C=S)cc4)cc3C)cc2)cc1. The molecular weight excluding hydrogens is 583 g/mol. The first kappa shape index (κ1) is 32.1. The Bertz CT molecular complexity index is 1750. The Morgan fingerprint density at radius 2 is 1.43 bits per heavy atom. The number of esters is 1. The molecule has 0 radical (unpaired) electrons. The Hall–Kier alpha value is -4.84. The van der Waals surface area contributed by atoms with Crippen LogP contribution in [0.25, 0.3) is 0 Å². The molecule has 0 fully saturated rings. The molecule has 6 heteroatoms. The van der Waals surface area contributed by atoms with E-state index in [-0.39, 0.29) is 5.97 Å². The highest BCUT2D eigenvalue weighted by atomic mass is 32.2. The van der Waals surface area contributed by atoms with Crippen molar-refractivity contribution in [1.29, 1.82) is 0 Å². The third-order valence-corrected chi connectivity index (χ3v) is 7.53. The van der Waals surface area contributed by atoms with E-state index in [1.807, 2.05) is 85.8 Å². The molecule has 0 saturated heterocycles. The minimum absolute atomic E-state index is 0.367. The van der Waals surface area contributed by atoms with Crippen molar-refractivity contribution in [2.75, 3.05) is 12.4 Å². The van der Waals surface area contributed by atoms with Crippen LogP contribution in [-0.2, 0) is 16.1 Å². The van der Waals surface area contributed by atoms with Gasteiger partial charge < -0.3 is 9.47 Å². The van der Waals surface area contributed by atoms with Crippen molar-refractivity contribution in [2.24, 2.45) is 4.99 Å². The van der Waals surface area contributed by atoms with E-state index < -0.39 is 0 Å². The molecule has 4 aromatic carbocycles. The monoisotopic (exact) mass is 613 g/mol. The van der Waals surface area contributed by atoms with Gasteiger partial charge in [0.2, 0.25) is 0 Å². The van der Waals surface area contributed by atoms with Gasteiger partial charge in [-0.25, -0.2) is 4.79 Å². The third kappa shape index (κ3) is 10.8. The van der Waals surface area contributed by atoms with E-state index in [4.69, 9.17) is 9.47 Å². The predicted octanol–water partition coefficient (Wildman–Crippen LogP) is 8.71. The number of aliphatic imine (C=N–C) groups is 1. The van der Waals surface area contributed by atoms with Crippen molar-refractivity contribution in [3.8, 4) is 29.4 Å². The summed E-state index contributed by atoms with van der Waals surface area (Å²) in [6, 6.07) is 29.9. The van der Waals surface area contributed by atoms with Crippen LogP contribution in [0, 0.1) is 30.6 Å². The van der Waals surface area contributed by atoms with Gasteiger partial charge in [0.1, 0.15) is 12.4 Å². The number of benzene rings is 4. The second kappa shape index (κ2) is 17.3. The van der Waals surface area contributed by atoms with Crippen molar-refractivity contribution in [3.63, 3.8) is 0 Å². The molecule has 0 aliphatic heterocycles. The van der Waals surface area contributed by atoms with Crippen LogP contribution in [0.5, 0.6) is 5.75 Å². The second-order valence-electron chi connectivity index (χ2n) is 9.67. The molecule has 0 heterocycles. The molecule has 4 aromatic rings. The van der Waals surface area contributed by atoms with Crippen LogP contribution < -0.4 is 4.74 Å². The molecule has 0 atom stereocenters. The first-order chi connectivity index (χ1) is 21.5. The largest absolute Gasteiger partial charge is 0.489 e. The Morgan fingerprint density at radius 1 is 0.841 bits per heavy atom. The fraction of sp³-hybridized carbons (Fsp3) is 0.158. The van der Waals surface area contributed by atoms with Gasteiger partial charge in [-0.2, -0.15) is 4.99 Å². The van der Waals surface area contributed by atoms with Gasteiger partial charge in [0.25, 0.3) is 0 Å². The summed E-state index contributed by atoms with van der Waals surface area (Å²) in [5.41, 5.74) is 6.61. The van der Waals surface area contributed by atoms with Gasteiger partial charge in [0.15, 0.2) is 0 Å². The Labute approximate surface area is 269 Å². The highest BCUT2D eigenvalue weighted by Gasteiger charge is 2.02. The van der Waals surface area contributed by atoms with Crippen LogP contribution in [0.2, 0.25) is 0 Å². The number of thiocarbonyl (C=S) groups is 1. The van der Waals surface area contributed by atoms with Crippen molar-refractivity contribution in [2.45, 2.75) is 31.3 Å². The van der Waals surface area contributed by atoms with Crippen LogP contribution >= 0.6 is 24.0 Å². The molecule has 0 aromatic heterocycles. The van der Waals surface area contributed by atoms with Crippen LogP contribution in [0.4, 0.5) is 5.69 Å². The molecule has 0 amide bonds. The summed E-state index contributed by atoms with van der Waals surface area (Å²) in [4.78, 5) is 16.2. The summed E-state index contributed by atoms with van der Waals surface area (Å²) in [7, 11) is 0. The van der Waals surface area contributed by atoms with E-state index in [1.54, 1.807) is 11.8 Å². The van der Waals surface area contributed by atoms with Crippen LogP contribution in [0.3, 0.4) is 0 Å². The number of carbonyl (C=O) groups is 1. The minimum Gasteiger partial charge on any atom is -0.489 e. The summed E-state index contributed by atoms with van der Waals surface area (Å²) in [6.07, 6.45) is 3.00. The lowest BCUT2D eigenvalue weighted by atomic mass is 10.1. The molecule has 0 N–H and O–H groups in total. The van der Waals surface area contributed by atoms with Gasteiger partial charge in [0.05, 0.1) is 17.5 Å². The Kier molecular flexibility index (Phi) is 12.6. The maximum atomic E-state index is 11.0. The number of hydrogen-bond acceptors (Lipinski definition) is 6. The number of isothiocyanates is 1.